The minimum Gasteiger partial charge on any atom is -0.444 e. The normalized spacial score (nSPS) is 17.2. The molecule has 1 aromatic carbocycles. The van der Waals surface area contributed by atoms with Crippen molar-refractivity contribution in [2.75, 3.05) is 26.2 Å². The number of ether oxygens (including phenoxy) is 1. The lowest BCUT2D eigenvalue weighted by molar-refractivity contribution is 0.0123. The number of carbonyl (C=O) groups is 1. The van der Waals surface area contributed by atoms with Crippen LogP contribution >= 0.6 is 0 Å². The van der Waals surface area contributed by atoms with E-state index in [0.717, 1.165) is 12.8 Å². The molecule has 0 aromatic heterocycles. The van der Waals surface area contributed by atoms with Gasteiger partial charge in [0.2, 0.25) is 0 Å². The predicted octanol–water partition coefficient (Wildman–Crippen LogP) is 3.06. The van der Waals surface area contributed by atoms with Crippen LogP contribution in [-0.4, -0.2) is 53.7 Å². The standard InChI is InChI=1S/C19H27N3O2/c1-19(2,3)24-18(23)22-13-11-21(12-14-22)17(15-20)10-9-16-7-5-4-6-8-16/h4-8,17H,9-14H2,1-3H3. The van der Waals surface area contributed by atoms with E-state index in [1.807, 2.05) is 39.0 Å². The van der Waals surface area contributed by atoms with Gasteiger partial charge in [-0.05, 0) is 39.2 Å². The molecule has 1 aliphatic rings. The number of hydrogen-bond acceptors (Lipinski definition) is 4. The molecule has 1 aliphatic heterocycles. The third kappa shape index (κ3) is 5.54. The van der Waals surface area contributed by atoms with E-state index in [9.17, 15) is 10.1 Å². The van der Waals surface area contributed by atoms with E-state index in [2.05, 4.69) is 23.1 Å². The molecule has 0 aliphatic carbocycles. The molecule has 1 aromatic rings. The quantitative estimate of drug-likeness (QED) is 0.852. The molecule has 5 heteroatoms. The van der Waals surface area contributed by atoms with Crippen LogP contribution in [0.1, 0.15) is 32.8 Å². The summed E-state index contributed by atoms with van der Waals surface area (Å²) in [5, 5.41) is 9.49. The van der Waals surface area contributed by atoms with Crippen LogP contribution in [0.25, 0.3) is 0 Å². The first-order valence-corrected chi connectivity index (χ1v) is 8.54. The number of amides is 1. The highest BCUT2D eigenvalue weighted by Gasteiger charge is 2.28. The van der Waals surface area contributed by atoms with Crippen molar-refractivity contribution in [1.29, 1.82) is 5.26 Å². The molecule has 0 saturated carbocycles. The van der Waals surface area contributed by atoms with Crippen molar-refractivity contribution in [2.45, 2.75) is 45.3 Å². The maximum Gasteiger partial charge on any atom is 0.410 e. The Balaban J connectivity index is 1.81. The zero-order valence-electron chi connectivity index (χ0n) is 14.9. The molecule has 1 atom stereocenters. The number of aryl methyl sites for hydroxylation is 1. The Morgan fingerprint density at radius 1 is 1.21 bits per heavy atom. The van der Waals surface area contributed by atoms with Crippen LogP contribution in [-0.2, 0) is 11.2 Å². The van der Waals surface area contributed by atoms with Crippen LogP contribution in [0.5, 0.6) is 0 Å². The average Bonchev–Trinajstić information content (AvgIpc) is 2.55. The van der Waals surface area contributed by atoms with Crippen LogP contribution in [0.2, 0.25) is 0 Å². The van der Waals surface area contributed by atoms with Crippen molar-refractivity contribution in [3.8, 4) is 6.07 Å². The van der Waals surface area contributed by atoms with Gasteiger partial charge >= 0.3 is 6.09 Å². The summed E-state index contributed by atoms with van der Waals surface area (Å²) in [6, 6.07) is 12.5. The second-order valence-electron chi connectivity index (χ2n) is 7.17. The van der Waals surface area contributed by atoms with Gasteiger partial charge in [-0.15, -0.1) is 0 Å². The fraction of sp³-hybridized carbons (Fsp3) is 0.579. The highest BCUT2D eigenvalue weighted by molar-refractivity contribution is 5.68. The zero-order valence-corrected chi connectivity index (χ0v) is 14.9. The molecule has 130 valence electrons. The van der Waals surface area contributed by atoms with Crippen molar-refractivity contribution in [3.05, 3.63) is 35.9 Å². The smallest absolute Gasteiger partial charge is 0.410 e. The average molecular weight is 329 g/mol. The van der Waals surface area contributed by atoms with Crippen molar-refractivity contribution in [1.82, 2.24) is 9.80 Å². The Labute approximate surface area is 144 Å². The van der Waals surface area contributed by atoms with Gasteiger partial charge in [0.25, 0.3) is 0 Å². The van der Waals surface area contributed by atoms with Gasteiger partial charge in [0.15, 0.2) is 0 Å². The fourth-order valence-electron chi connectivity index (χ4n) is 2.82. The largest absolute Gasteiger partial charge is 0.444 e. The van der Waals surface area contributed by atoms with Crippen LogP contribution < -0.4 is 0 Å². The Morgan fingerprint density at radius 3 is 2.38 bits per heavy atom. The summed E-state index contributed by atoms with van der Waals surface area (Å²) in [7, 11) is 0. The molecule has 1 amide bonds. The van der Waals surface area contributed by atoms with Gasteiger partial charge in [0.05, 0.1) is 12.1 Å². The van der Waals surface area contributed by atoms with E-state index in [1.165, 1.54) is 5.56 Å². The maximum atomic E-state index is 12.1. The van der Waals surface area contributed by atoms with Gasteiger partial charge in [-0.2, -0.15) is 5.26 Å². The molecule has 0 N–H and O–H groups in total. The van der Waals surface area contributed by atoms with Crippen molar-refractivity contribution in [3.63, 3.8) is 0 Å². The lowest BCUT2D eigenvalue weighted by atomic mass is 10.0. The first-order chi connectivity index (χ1) is 11.4. The van der Waals surface area contributed by atoms with E-state index in [4.69, 9.17) is 4.74 Å². The van der Waals surface area contributed by atoms with Gasteiger partial charge in [0, 0.05) is 26.2 Å². The van der Waals surface area contributed by atoms with Crippen LogP contribution in [0.15, 0.2) is 30.3 Å². The number of carbonyl (C=O) groups excluding carboxylic acids is 1. The Morgan fingerprint density at radius 2 is 1.83 bits per heavy atom. The van der Waals surface area contributed by atoms with E-state index in [0.29, 0.717) is 26.2 Å². The minimum absolute atomic E-state index is 0.106. The van der Waals surface area contributed by atoms with Gasteiger partial charge in [-0.25, -0.2) is 4.79 Å². The molecule has 0 radical (unpaired) electrons. The topological polar surface area (TPSA) is 56.6 Å². The first kappa shape index (κ1) is 18.3. The lowest BCUT2D eigenvalue weighted by Crippen LogP contribution is -2.52. The number of rotatable bonds is 4. The van der Waals surface area contributed by atoms with Gasteiger partial charge in [-0.3, -0.25) is 4.90 Å². The van der Waals surface area contributed by atoms with Crippen LogP contribution in [0.4, 0.5) is 4.79 Å². The highest BCUT2D eigenvalue weighted by atomic mass is 16.6. The third-order valence-electron chi connectivity index (χ3n) is 4.11. The second-order valence-corrected chi connectivity index (χ2v) is 7.17. The number of benzene rings is 1. The predicted molar refractivity (Wildman–Crippen MR) is 93.5 cm³/mol. The van der Waals surface area contributed by atoms with E-state index >= 15 is 0 Å². The summed E-state index contributed by atoms with van der Waals surface area (Å²) in [5.41, 5.74) is 0.782. The van der Waals surface area contributed by atoms with Crippen molar-refractivity contribution in [2.24, 2.45) is 0 Å². The number of hydrogen-bond donors (Lipinski definition) is 0. The monoisotopic (exact) mass is 329 g/mol. The Bertz CT molecular complexity index is 567. The third-order valence-corrected chi connectivity index (χ3v) is 4.11. The van der Waals surface area contributed by atoms with Crippen molar-refractivity contribution < 1.29 is 9.53 Å². The number of nitriles is 1. The summed E-state index contributed by atoms with van der Waals surface area (Å²) in [6.07, 6.45) is 1.44. The number of piperazine rings is 1. The van der Waals surface area contributed by atoms with Crippen molar-refractivity contribution >= 4 is 6.09 Å². The Kier molecular flexibility index (Phi) is 6.22. The first-order valence-electron chi connectivity index (χ1n) is 8.54. The SMILES string of the molecule is CC(C)(C)OC(=O)N1CCN(C(C#N)CCc2ccccc2)CC1. The summed E-state index contributed by atoms with van der Waals surface area (Å²) in [6.45, 7) is 8.26. The molecular formula is C19H27N3O2. The van der Waals surface area contributed by atoms with Gasteiger partial charge < -0.3 is 9.64 Å². The fourth-order valence-corrected chi connectivity index (χ4v) is 2.82. The van der Waals surface area contributed by atoms with E-state index in [-0.39, 0.29) is 12.1 Å². The van der Waals surface area contributed by atoms with Gasteiger partial charge in [0.1, 0.15) is 5.60 Å². The molecule has 5 nitrogen and oxygen atoms in total. The van der Waals surface area contributed by atoms with Crippen LogP contribution in [0.3, 0.4) is 0 Å². The molecule has 2 rings (SSSR count). The maximum absolute atomic E-state index is 12.1. The van der Waals surface area contributed by atoms with E-state index in [1.54, 1.807) is 4.90 Å². The molecule has 0 spiro atoms. The molecule has 1 heterocycles. The molecule has 1 saturated heterocycles. The summed E-state index contributed by atoms with van der Waals surface area (Å²) < 4.78 is 5.41. The molecule has 24 heavy (non-hydrogen) atoms. The molecular weight excluding hydrogens is 302 g/mol. The molecule has 1 unspecified atom stereocenters. The second kappa shape index (κ2) is 8.16. The van der Waals surface area contributed by atoms with Crippen LogP contribution in [0, 0.1) is 11.3 Å². The minimum atomic E-state index is -0.473. The summed E-state index contributed by atoms with van der Waals surface area (Å²) in [5.74, 6) is 0. The molecule has 1 fully saturated rings. The molecule has 0 bridgehead atoms. The Hall–Kier alpha value is -2.06. The zero-order chi connectivity index (χ0) is 17.6. The summed E-state index contributed by atoms with van der Waals surface area (Å²) >= 11 is 0. The lowest BCUT2D eigenvalue weighted by Gasteiger charge is -2.37. The summed E-state index contributed by atoms with van der Waals surface area (Å²) in [4.78, 5) is 16.0. The van der Waals surface area contributed by atoms with Gasteiger partial charge in [-0.1, -0.05) is 30.3 Å². The van der Waals surface area contributed by atoms with E-state index < -0.39 is 5.60 Å². The highest BCUT2D eigenvalue weighted by Crippen LogP contribution is 2.15. The number of nitrogens with zero attached hydrogens (tertiary/aromatic N) is 3.